The van der Waals surface area contributed by atoms with E-state index in [0.29, 0.717) is 32.6 Å². The van der Waals surface area contributed by atoms with E-state index >= 15 is 0 Å². The van der Waals surface area contributed by atoms with Crippen molar-refractivity contribution in [3.05, 3.63) is 34.9 Å². The molecule has 1 atom stereocenters. The van der Waals surface area contributed by atoms with Crippen molar-refractivity contribution < 1.29 is 9.53 Å². The number of benzene rings is 1. The number of carbonyl (C=O) groups excluding carboxylic acids is 1. The normalized spacial score (nSPS) is 17.9. The van der Waals surface area contributed by atoms with Crippen LogP contribution in [0.3, 0.4) is 0 Å². The van der Waals surface area contributed by atoms with Gasteiger partial charge in [-0.1, -0.05) is 29.8 Å². The Hall–Kier alpha value is -0.810. The van der Waals surface area contributed by atoms with Gasteiger partial charge >= 0.3 is 0 Å². The first kappa shape index (κ1) is 20.2. The van der Waals surface area contributed by atoms with Crippen LogP contribution in [0.25, 0.3) is 0 Å². The van der Waals surface area contributed by atoms with E-state index < -0.39 is 0 Å². The Labute approximate surface area is 149 Å². The van der Waals surface area contributed by atoms with Gasteiger partial charge in [-0.25, -0.2) is 0 Å². The van der Waals surface area contributed by atoms with Crippen molar-refractivity contribution in [2.45, 2.75) is 44.1 Å². The van der Waals surface area contributed by atoms with Gasteiger partial charge in [0, 0.05) is 42.7 Å². The molecule has 130 valence electrons. The second kappa shape index (κ2) is 9.48. The van der Waals surface area contributed by atoms with Crippen LogP contribution in [0.5, 0.6) is 0 Å². The van der Waals surface area contributed by atoms with Gasteiger partial charge in [0.1, 0.15) is 0 Å². The molecule has 0 spiro atoms. The van der Waals surface area contributed by atoms with Gasteiger partial charge < -0.3 is 15.8 Å². The second-order valence-corrected chi connectivity index (χ2v) is 6.57. The van der Waals surface area contributed by atoms with Crippen LogP contribution >= 0.6 is 24.0 Å². The Balaban J connectivity index is 0.00000264. The lowest BCUT2D eigenvalue weighted by Crippen LogP contribution is -2.45. The average Bonchev–Trinajstić information content (AvgIpc) is 2.52. The minimum atomic E-state index is -0.138. The minimum absolute atomic E-state index is 0. The van der Waals surface area contributed by atoms with E-state index in [2.05, 4.69) is 11.4 Å². The van der Waals surface area contributed by atoms with Gasteiger partial charge in [-0.2, -0.15) is 0 Å². The summed E-state index contributed by atoms with van der Waals surface area (Å²) < 4.78 is 5.50. The summed E-state index contributed by atoms with van der Waals surface area (Å²) in [6.07, 6.45) is 2.90. The molecule has 0 radical (unpaired) electrons. The molecule has 1 aliphatic rings. The van der Waals surface area contributed by atoms with Gasteiger partial charge in [-0.15, -0.1) is 12.4 Å². The highest BCUT2D eigenvalue weighted by atomic mass is 35.5. The molecule has 1 unspecified atom stereocenters. The van der Waals surface area contributed by atoms with Gasteiger partial charge in [0.2, 0.25) is 5.91 Å². The Morgan fingerprint density at radius 1 is 1.39 bits per heavy atom. The first-order valence-corrected chi connectivity index (χ1v) is 8.26. The smallest absolute Gasteiger partial charge is 0.220 e. The fourth-order valence-electron chi connectivity index (χ4n) is 2.91. The fraction of sp³-hybridized carbons (Fsp3) is 0.588. The number of hydrogen-bond acceptors (Lipinski definition) is 3. The summed E-state index contributed by atoms with van der Waals surface area (Å²) in [5.74, 6) is 0.0511. The molecule has 23 heavy (non-hydrogen) atoms. The standard InChI is InChI=1S/C17H25ClN2O2.ClH/c1-13(19)6-7-16(21)20-12-17(8-10-22-11-9-17)14-4-2-3-5-15(14)18;/h2-5,13H,6-12,19H2,1H3,(H,20,21);1H. The molecule has 1 fully saturated rings. The van der Waals surface area contributed by atoms with Crippen LogP contribution < -0.4 is 11.1 Å². The van der Waals surface area contributed by atoms with E-state index in [-0.39, 0.29) is 29.8 Å². The van der Waals surface area contributed by atoms with Crippen molar-refractivity contribution in [2.24, 2.45) is 5.73 Å². The van der Waals surface area contributed by atoms with Crippen molar-refractivity contribution in [1.29, 1.82) is 0 Å². The summed E-state index contributed by atoms with van der Waals surface area (Å²) in [5, 5.41) is 3.82. The number of rotatable bonds is 6. The monoisotopic (exact) mass is 360 g/mol. The number of nitrogens with two attached hydrogens (primary N) is 1. The zero-order chi connectivity index (χ0) is 16.0. The van der Waals surface area contributed by atoms with Gasteiger partial charge in [0.15, 0.2) is 0 Å². The third-order valence-corrected chi connectivity index (χ3v) is 4.68. The number of nitrogens with one attached hydrogen (secondary N) is 1. The molecular weight excluding hydrogens is 335 g/mol. The first-order valence-electron chi connectivity index (χ1n) is 7.88. The van der Waals surface area contributed by atoms with Gasteiger partial charge in [-0.05, 0) is 37.8 Å². The molecule has 1 aliphatic heterocycles. The molecule has 0 bridgehead atoms. The van der Waals surface area contributed by atoms with Crippen LogP contribution in [0.4, 0.5) is 0 Å². The summed E-state index contributed by atoms with van der Waals surface area (Å²) in [5.41, 5.74) is 6.67. The molecule has 1 aromatic rings. The molecule has 0 aromatic heterocycles. The van der Waals surface area contributed by atoms with Crippen LogP contribution in [-0.2, 0) is 14.9 Å². The molecule has 1 saturated heterocycles. The lowest BCUT2D eigenvalue weighted by molar-refractivity contribution is -0.121. The number of hydrogen-bond donors (Lipinski definition) is 2. The predicted octanol–water partition coefficient (Wildman–Crippen LogP) is 3.05. The highest BCUT2D eigenvalue weighted by Gasteiger charge is 2.36. The molecule has 0 aliphatic carbocycles. The van der Waals surface area contributed by atoms with E-state index in [0.717, 1.165) is 23.4 Å². The highest BCUT2D eigenvalue weighted by molar-refractivity contribution is 6.31. The zero-order valence-corrected chi connectivity index (χ0v) is 15.1. The van der Waals surface area contributed by atoms with E-state index in [1.165, 1.54) is 0 Å². The van der Waals surface area contributed by atoms with E-state index in [1.807, 2.05) is 25.1 Å². The summed E-state index contributed by atoms with van der Waals surface area (Å²) in [6, 6.07) is 7.94. The molecule has 1 aromatic carbocycles. The second-order valence-electron chi connectivity index (χ2n) is 6.17. The van der Waals surface area contributed by atoms with Gasteiger partial charge in [-0.3, -0.25) is 4.79 Å². The molecule has 2 rings (SSSR count). The Kier molecular flexibility index (Phi) is 8.34. The van der Waals surface area contributed by atoms with Crippen LogP contribution in [0.1, 0.15) is 38.2 Å². The van der Waals surface area contributed by atoms with Gasteiger partial charge in [0.25, 0.3) is 0 Å². The molecule has 4 nitrogen and oxygen atoms in total. The van der Waals surface area contributed by atoms with Crippen molar-refractivity contribution in [3.8, 4) is 0 Å². The molecule has 3 N–H and O–H groups in total. The maximum absolute atomic E-state index is 12.0. The Bertz CT molecular complexity index is 503. The van der Waals surface area contributed by atoms with Crippen LogP contribution in [-0.4, -0.2) is 31.7 Å². The third-order valence-electron chi connectivity index (χ3n) is 4.35. The van der Waals surface area contributed by atoms with Crippen molar-refractivity contribution in [3.63, 3.8) is 0 Å². The molecule has 0 saturated carbocycles. The quantitative estimate of drug-likeness (QED) is 0.819. The van der Waals surface area contributed by atoms with Crippen LogP contribution in [0, 0.1) is 0 Å². The Morgan fingerprint density at radius 2 is 2.04 bits per heavy atom. The number of ether oxygens (including phenoxy) is 1. The Morgan fingerprint density at radius 3 is 2.65 bits per heavy atom. The summed E-state index contributed by atoms with van der Waals surface area (Å²) in [6.45, 7) is 3.90. The maximum atomic E-state index is 12.0. The number of carbonyl (C=O) groups is 1. The highest BCUT2D eigenvalue weighted by Crippen LogP contribution is 2.38. The summed E-state index contributed by atoms with van der Waals surface area (Å²) in [4.78, 5) is 12.0. The summed E-state index contributed by atoms with van der Waals surface area (Å²) in [7, 11) is 0. The topological polar surface area (TPSA) is 64.4 Å². The molecule has 1 heterocycles. The fourth-order valence-corrected chi connectivity index (χ4v) is 3.25. The number of halogens is 2. The van der Waals surface area contributed by atoms with Gasteiger partial charge in [0.05, 0.1) is 0 Å². The van der Waals surface area contributed by atoms with Crippen molar-refractivity contribution in [2.75, 3.05) is 19.8 Å². The predicted molar refractivity (Wildman–Crippen MR) is 96.3 cm³/mol. The summed E-state index contributed by atoms with van der Waals surface area (Å²) >= 11 is 6.40. The lowest BCUT2D eigenvalue weighted by atomic mass is 9.74. The third kappa shape index (κ3) is 5.64. The molecule has 6 heteroatoms. The van der Waals surface area contributed by atoms with Crippen LogP contribution in [0.2, 0.25) is 5.02 Å². The zero-order valence-electron chi connectivity index (χ0n) is 13.5. The van der Waals surface area contributed by atoms with Crippen molar-refractivity contribution in [1.82, 2.24) is 5.32 Å². The van der Waals surface area contributed by atoms with E-state index in [9.17, 15) is 4.79 Å². The van der Waals surface area contributed by atoms with E-state index in [4.69, 9.17) is 22.1 Å². The number of amides is 1. The SMILES string of the molecule is CC(N)CCC(=O)NCC1(c2ccccc2Cl)CCOCC1.Cl. The average molecular weight is 361 g/mol. The molecule has 1 amide bonds. The van der Waals surface area contributed by atoms with Crippen molar-refractivity contribution >= 4 is 29.9 Å². The molecular formula is C17H26Cl2N2O2. The minimum Gasteiger partial charge on any atom is -0.381 e. The van der Waals surface area contributed by atoms with Crippen LogP contribution in [0.15, 0.2) is 24.3 Å². The lowest BCUT2D eigenvalue weighted by Gasteiger charge is -2.38. The largest absolute Gasteiger partial charge is 0.381 e. The first-order chi connectivity index (χ1) is 10.5. The maximum Gasteiger partial charge on any atom is 0.220 e. The van der Waals surface area contributed by atoms with E-state index in [1.54, 1.807) is 0 Å².